The summed E-state index contributed by atoms with van der Waals surface area (Å²) in [7, 11) is 3.10. The quantitative estimate of drug-likeness (QED) is 0.717. The van der Waals surface area contributed by atoms with Crippen LogP contribution in [0.4, 0.5) is 0 Å². The Kier molecular flexibility index (Phi) is 5.21. The Morgan fingerprint density at radius 2 is 2.07 bits per heavy atom. The Hall–Kier alpha value is -1.00. The first-order valence-electron chi connectivity index (χ1n) is 4.66. The van der Waals surface area contributed by atoms with Crippen molar-refractivity contribution in [3.8, 4) is 0 Å². The molecule has 0 unspecified atom stereocenters. The minimum absolute atomic E-state index is 0.0153. The summed E-state index contributed by atoms with van der Waals surface area (Å²) in [6, 6.07) is 10.1. The van der Waals surface area contributed by atoms with Crippen LogP contribution in [-0.2, 0) is 15.4 Å². The lowest BCUT2D eigenvalue weighted by molar-refractivity contribution is -0.165. The largest absolute Gasteiger partial charge is 0.275 e. The Labute approximate surface area is 94.4 Å². The second kappa shape index (κ2) is 6.48. The Balaban J connectivity index is 2.25. The highest BCUT2D eigenvalue weighted by molar-refractivity contribution is 7.99. The molecule has 0 saturated heterocycles. The van der Waals surface area contributed by atoms with Gasteiger partial charge in [-0.15, -0.1) is 11.8 Å². The number of nitrogens with zero attached hydrogens (tertiary/aromatic N) is 1. The van der Waals surface area contributed by atoms with Gasteiger partial charge in [0, 0.05) is 12.8 Å². The molecular formula is C11H15NO2S. The van der Waals surface area contributed by atoms with Gasteiger partial charge >= 0.3 is 0 Å². The van der Waals surface area contributed by atoms with E-state index in [4.69, 9.17) is 4.84 Å². The van der Waals surface area contributed by atoms with Crippen molar-refractivity contribution in [3.63, 3.8) is 0 Å². The molecule has 15 heavy (non-hydrogen) atoms. The van der Waals surface area contributed by atoms with E-state index >= 15 is 0 Å². The number of hydrogen-bond acceptors (Lipinski definition) is 3. The van der Waals surface area contributed by atoms with Gasteiger partial charge in [-0.2, -0.15) is 0 Å². The average Bonchev–Trinajstić information content (AvgIpc) is 2.29. The maximum absolute atomic E-state index is 11.3. The van der Waals surface area contributed by atoms with E-state index in [0.29, 0.717) is 5.75 Å². The topological polar surface area (TPSA) is 29.5 Å². The van der Waals surface area contributed by atoms with Gasteiger partial charge < -0.3 is 0 Å². The molecule has 82 valence electrons. The van der Waals surface area contributed by atoms with Gasteiger partial charge in [0.25, 0.3) is 5.91 Å². The van der Waals surface area contributed by atoms with Crippen LogP contribution in [0.1, 0.15) is 5.56 Å². The van der Waals surface area contributed by atoms with E-state index < -0.39 is 0 Å². The lowest BCUT2D eigenvalue weighted by Crippen LogP contribution is -2.27. The van der Waals surface area contributed by atoms with Gasteiger partial charge in [-0.25, -0.2) is 5.06 Å². The summed E-state index contributed by atoms with van der Waals surface area (Å²) in [6.07, 6.45) is 0. The van der Waals surface area contributed by atoms with Crippen molar-refractivity contribution in [3.05, 3.63) is 35.9 Å². The predicted octanol–water partition coefficient (Wildman–Crippen LogP) is 1.94. The molecule has 0 radical (unpaired) electrons. The van der Waals surface area contributed by atoms with Crippen LogP contribution in [0, 0.1) is 0 Å². The normalized spacial score (nSPS) is 10.0. The number of carbonyl (C=O) groups is 1. The molecule has 3 nitrogen and oxygen atoms in total. The molecule has 0 aliphatic carbocycles. The van der Waals surface area contributed by atoms with Crippen LogP contribution in [0.15, 0.2) is 30.3 Å². The molecule has 1 aromatic rings. The molecular weight excluding hydrogens is 210 g/mol. The predicted molar refractivity (Wildman–Crippen MR) is 62.4 cm³/mol. The second-order valence-corrected chi connectivity index (χ2v) is 4.04. The van der Waals surface area contributed by atoms with E-state index in [2.05, 4.69) is 12.1 Å². The zero-order valence-electron chi connectivity index (χ0n) is 8.97. The van der Waals surface area contributed by atoms with Gasteiger partial charge in [0.2, 0.25) is 0 Å². The molecule has 0 aliphatic heterocycles. The smallest absolute Gasteiger partial charge is 0.255 e. The van der Waals surface area contributed by atoms with E-state index in [1.165, 1.54) is 17.7 Å². The maximum Gasteiger partial charge on any atom is 0.255 e. The van der Waals surface area contributed by atoms with Gasteiger partial charge in [-0.1, -0.05) is 30.3 Å². The number of hydroxylamine groups is 2. The zero-order valence-corrected chi connectivity index (χ0v) is 9.79. The molecule has 0 N–H and O–H groups in total. The summed E-state index contributed by atoms with van der Waals surface area (Å²) in [5.74, 6) is 1.28. The maximum atomic E-state index is 11.3. The minimum atomic E-state index is -0.0153. The molecule has 0 atom stereocenters. The van der Waals surface area contributed by atoms with E-state index in [1.54, 1.807) is 18.8 Å². The highest BCUT2D eigenvalue weighted by atomic mass is 32.2. The third-order valence-electron chi connectivity index (χ3n) is 1.96. The van der Waals surface area contributed by atoms with Crippen molar-refractivity contribution in [2.75, 3.05) is 19.9 Å². The van der Waals surface area contributed by atoms with Crippen molar-refractivity contribution in [2.45, 2.75) is 5.75 Å². The summed E-state index contributed by atoms with van der Waals surface area (Å²) in [5, 5.41) is 1.25. The van der Waals surface area contributed by atoms with Gasteiger partial charge in [-0.05, 0) is 5.56 Å². The average molecular weight is 225 g/mol. The minimum Gasteiger partial charge on any atom is -0.275 e. The van der Waals surface area contributed by atoms with Crippen LogP contribution in [0.3, 0.4) is 0 Å². The molecule has 0 aromatic heterocycles. The molecule has 4 heteroatoms. The van der Waals surface area contributed by atoms with Crippen molar-refractivity contribution in [1.29, 1.82) is 0 Å². The lowest BCUT2D eigenvalue weighted by atomic mass is 10.2. The van der Waals surface area contributed by atoms with Crippen LogP contribution in [-0.4, -0.2) is 30.9 Å². The van der Waals surface area contributed by atoms with Gasteiger partial charge in [-0.3, -0.25) is 9.63 Å². The number of thioether (sulfide) groups is 1. The SMILES string of the molecule is CON(C)C(=O)CSCc1ccccc1. The molecule has 0 spiro atoms. The van der Waals surface area contributed by atoms with Crippen molar-refractivity contribution < 1.29 is 9.63 Å². The van der Waals surface area contributed by atoms with Crippen molar-refractivity contribution in [2.24, 2.45) is 0 Å². The molecule has 0 saturated carbocycles. The first-order valence-corrected chi connectivity index (χ1v) is 5.82. The number of benzene rings is 1. The Morgan fingerprint density at radius 3 is 2.67 bits per heavy atom. The summed E-state index contributed by atoms with van der Waals surface area (Å²) < 4.78 is 0. The fourth-order valence-corrected chi connectivity index (χ4v) is 1.91. The molecule has 1 rings (SSSR count). The number of hydrogen-bond donors (Lipinski definition) is 0. The van der Waals surface area contributed by atoms with Crippen LogP contribution in [0.5, 0.6) is 0 Å². The summed E-state index contributed by atoms with van der Waals surface area (Å²) in [4.78, 5) is 16.1. The van der Waals surface area contributed by atoms with E-state index in [1.807, 2.05) is 18.2 Å². The highest BCUT2D eigenvalue weighted by Gasteiger charge is 2.07. The van der Waals surface area contributed by atoms with Gasteiger partial charge in [0.05, 0.1) is 12.9 Å². The van der Waals surface area contributed by atoms with Gasteiger partial charge in [0.1, 0.15) is 0 Å². The molecule has 0 heterocycles. The van der Waals surface area contributed by atoms with Crippen molar-refractivity contribution >= 4 is 17.7 Å². The monoisotopic (exact) mass is 225 g/mol. The molecule has 0 bridgehead atoms. The van der Waals surface area contributed by atoms with Crippen LogP contribution in [0.25, 0.3) is 0 Å². The second-order valence-electron chi connectivity index (χ2n) is 3.05. The van der Waals surface area contributed by atoms with E-state index in [-0.39, 0.29) is 5.91 Å². The fourth-order valence-electron chi connectivity index (χ4n) is 1.02. The Morgan fingerprint density at radius 1 is 1.40 bits per heavy atom. The van der Waals surface area contributed by atoms with E-state index in [0.717, 1.165) is 5.75 Å². The third-order valence-corrected chi connectivity index (χ3v) is 2.95. The highest BCUT2D eigenvalue weighted by Crippen LogP contribution is 2.11. The molecule has 1 aromatic carbocycles. The van der Waals surface area contributed by atoms with Crippen LogP contribution in [0.2, 0.25) is 0 Å². The molecule has 0 fully saturated rings. The Bertz CT molecular complexity index is 303. The van der Waals surface area contributed by atoms with Crippen LogP contribution >= 0.6 is 11.8 Å². The van der Waals surface area contributed by atoms with Crippen molar-refractivity contribution in [1.82, 2.24) is 5.06 Å². The fraction of sp³-hybridized carbons (Fsp3) is 0.364. The molecule has 0 aliphatic rings. The first-order chi connectivity index (χ1) is 7.24. The van der Waals surface area contributed by atoms with E-state index in [9.17, 15) is 4.79 Å². The first kappa shape index (κ1) is 12.1. The third kappa shape index (κ3) is 4.36. The lowest BCUT2D eigenvalue weighted by Gasteiger charge is -2.12. The summed E-state index contributed by atoms with van der Waals surface area (Å²) in [5.41, 5.74) is 1.23. The van der Waals surface area contributed by atoms with Gasteiger partial charge in [0.15, 0.2) is 0 Å². The number of amides is 1. The summed E-state index contributed by atoms with van der Waals surface area (Å²) in [6.45, 7) is 0. The standard InChI is InChI=1S/C11H15NO2S/c1-12(14-2)11(13)9-15-8-10-6-4-3-5-7-10/h3-7H,8-9H2,1-2H3. The molecule has 1 amide bonds. The summed E-state index contributed by atoms with van der Waals surface area (Å²) >= 11 is 1.59. The van der Waals surface area contributed by atoms with Crippen LogP contribution < -0.4 is 0 Å². The number of carbonyl (C=O) groups excluding carboxylic acids is 1. The zero-order chi connectivity index (χ0) is 11.1. The number of rotatable bonds is 5.